The molecular weight excluding hydrogens is 480 g/mol. The molecule has 190 valence electrons. The first-order valence-electron chi connectivity index (χ1n) is 12.1. The molecule has 0 aliphatic carbocycles. The van der Waals surface area contributed by atoms with Crippen LogP contribution in [0.3, 0.4) is 0 Å². The van der Waals surface area contributed by atoms with Crippen molar-refractivity contribution in [2.24, 2.45) is 0 Å². The normalized spacial score (nSPS) is 17.7. The minimum atomic E-state index is -1.11. The molecule has 0 amide bonds. The Morgan fingerprint density at radius 2 is 2.14 bits per heavy atom. The van der Waals surface area contributed by atoms with E-state index in [1.54, 1.807) is 6.33 Å². The largest absolute Gasteiger partial charge is 0.361 e. The molecule has 1 aliphatic rings. The highest BCUT2D eigenvalue weighted by molar-refractivity contribution is 6.76. The standard InChI is InChI=1S/C24H36N8OSi.ClH/c1-19-13-26-8-10-30(19)16-21(5-7-25)32-15-20(14-29-32)23-22-6-9-31(24(22)28-17-27-23)18-33-11-12-34(2,3)4;/h6,9,14-15,17,19,21,26H,5,8,10-13,16,18H2,1-4H3;1H/t19-,21?;/m0./s1. The molecule has 1 aliphatic heterocycles. The van der Waals surface area contributed by atoms with Gasteiger partial charge in [-0.3, -0.25) is 9.58 Å². The van der Waals surface area contributed by atoms with Crippen LogP contribution in [-0.2, 0) is 11.5 Å². The van der Waals surface area contributed by atoms with Gasteiger partial charge in [-0.15, -0.1) is 12.4 Å². The highest BCUT2D eigenvalue weighted by Gasteiger charge is 2.23. The molecule has 0 bridgehead atoms. The van der Waals surface area contributed by atoms with Crippen molar-refractivity contribution in [1.82, 2.24) is 34.5 Å². The lowest BCUT2D eigenvalue weighted by Crippen LogP contribution is -2.51. The van der Waals surface area contributed by atoms with Gasteiger partial charge in [0.15, 0.2) is 0 Å². The van der Waals surface area contributed by atoms with Crippen LogP contribution < -0.4 is 5.32 Å². The fraction of sp³-hybridized carbons (Fsp3) is 0.583. The number of aromatic nitrogens is 5. The van der Waals surface area contributed by atoms with Crippen LogP contribution in [-0.4, -0.2) is 76.1 Å². The Hall–Kier alpha value is -2.29. The van der Waals surface area contributed by atoms with Crippen molar-refractivity contribution in [2.45, 2.75) is 57.8 Å². The SMILES string of the molecule is C[C@H]1CNCCN1CC(CC#N)n1cc(-c2ncnc3c2ccn3COCC[Si](C)(C)C)cn1.Cl. The molecular formula is C24H37ClN8OSi. The first-order valence-corrected chi connectivity index (χ1v) is 15.8. The Morgan fingerprint density at radius 3 is 2.89 bits per heavy atom. The average Bonchev–Trinajstić information content (AvgIpc) is 3.45. The number of rotatable bonds is 10. The van der Waals surface area contributed by atoms with Gasteiger partial charge in [0, 0.05) is 70.2 Å². The molecule has 4 heterocycles. The van der Waals surface area contributed by atoms with E-state index in [0.717, 1.165) is 61.1 Å². The lowest BCUT2D eigenvalue weighted by Gasteiger charge is -2.35. The van der Waals surface area contributed by atoms with Crippen LogP contribution >= 0.6 is 12.4 Å². The first-order chi connectivity index (χ1) is 16.4. The summed E-state index contributed by atoms with van der Waals surface area (Å²) in [6, 6.07) is 5.97. The maximum Gasteiger partial charge on any atom is 0.145 e. The number of hydrogen-bond donors (Lipinski definition) is 1. The van der Waals surface area contributed by atoms with Gasteiger partial charge in [0.2, 0.25) is 0 Å². The number of nitrogens with zero attached hydrogens (tertiary/aromatic N) is 7. The van der Waals surface area contributed by atoms with E-state index in [1.807, 2.05) is 33.9 Å². The van der Waals surface area contributed by atoms with E-state index in [9.17, 15) is 5.26 Å². The predicted molar refractivity (Wildman–Crippen MR) is 143 cm³/mol. The number of ether oxygens (including phenoxy) is 1. The molecule has 1 unspecified atom stereocenters. The Labute approximate surface area is 214 Å². The summed E-state index contributed by atoms with van der Waals surface area (Å²) in [5.74, 6) is 0. The fourth-order valence-corrected chi connectivity index (χ4v) is 5.07. The van der Waals surface area contributed by atoms with Gasteiger partial charge >= 0.3 is 0 Å². The summed E-state index contributed by atoms with van der Waals surface area (Å²) in [7, 11) is -1.11. The third kappa shape index (κ3) is 6.89. The van der Waals surface area contributed by atoms with Crippen molar-refractivity contribution >= 4 is 31.5 Å². The van der Waals surface area contributed by atoms with Crippen molar-refractivity contribution in [1.29, 1.82) is 5.26 Å². The molecule has 1 saturated heterocycles. The quantitative estimate of drug-likeness (QED) is 0.323. The maximum absolute atomic E-state index is 9.44. The molecule has 1 N–H and O–H groups in total. The molecule has 3 aromatic rings. The summed E-state index contributed by atoms with van der Waals surface area (Å²) in [6.45, 7) is 14.3. The number of fused-ring (bicyclic) bond motifs is 1. The molecule has 2 atom stereocenters. The van der Waals surface area contributed by atoms with Gasteiger partial charge in [-0.1, -0.05) is 19.6 Å². The highest BCUT2D eigenvalue weighted by Crippen LogP contribution is 2.27. The monoisotopic (exact) mass is 516 g/mol. The van der Waals surface area contributed by atoms with Crippen LogP contribution in [0.5, 0.6) is 0 Å². The molecule has 4 rings (SSSR count). The Morgan fingerprint density at radius 1 is 1.31 bits per heavy atom. The highest BCUT2D eigenvalue weighted by atomic mass is 35.5. The van der Waals surface area contributed by atoms with E-state index in [1.165, 1.54) is 0 Å². The van der Waals surface area contributed by atoms with Crippen LogP contribution in [0.15, 0.2) is 31.0 Å². The van der Waals surface area contributed by atoms with E-state index in [4.69, 9.17) is 4.74 Å². The van der Waals surface area contributed by atoms with Crippen LogP contribution in [0.4, 0.5) is 0 Å². The summed E-state index contributed by atoms with van der Waals surface area (Å²) in [4.78, 5) is 11.5. The molecule has 0 spiro atoms. The van der Waals surface area contributed by atoms with Crippen molar-refractivity contribution in [3.05, 3.63) is 31.0 Å². The smallest absolute Gasteiger partial charge is 0.145 e. The fourth-order valence-electron chi connectivity index (χ4n) is 4.31. The first kappa shape index (κ1) is 27.3. The van der Waals surface area contributed by atoms with E-state index in [2.05, 4.69) is 57.9 Å². The van der Waals surface area contributed by atoms with Crippen molar-refractivity contribution in [3.8, 4) is 17.3 Å². The number of piperazine rings is 1. The molecule has 11 heteroatoms. The molecule has 35 heavy (non-hydrogen) atoms. The Balaban J connectivity index is 0.00000342. The zero-order valence-electron chi connectivity index (χ0n) is 21.1. The minimum Gasteiger partial charge on any atom is -0.361 e. The van der Waals surface area contributed by atoms with Gasteiger partial charge in [0.1, 0.15) is 18.7 Å². The van der Waals surface area contributed by atoms with Gasteiger partial charge in [-0.2, -0.15) is 10.4 Å². The third-order valence-electron chi connectivity index (χ3n) is 6.44. The summed E-state index contributed by atoms with van der Waals surface area (Å²) < 4.78 is 9.89. The lowest BCUT2D eigenvalue weighted by molar-refractivity contribution is 0.0899. The van der Waals surface area contributed by atoms with Crippen LogP contribution in [0.2, 0.25) is 25.7 Å². The second kappa shape index (κ2) is 12.1. The number of nitrogens with one attached hydrogen (secondary N) is 1. The van der Waals surface area contributed by atoms with Gasteiger partial charge in [-0.25, -0.2) is 9.97 Å². The van der Waals surface area contributed by atoms with Crippen LogP contribution in [0.25, 0.3) is 22.3 Å². The minimum absolute atomic E-state index is 0. The van der Waals surface area contributed by atoms with Crippen LogP contribution in [0, 0.1) is 11.3 Å². The summed E-state index contributed by atoms with van der Waals surface area (Å²) >= 11 is 0. The van der Waals surface area contributed by atoms with E-state index in [-0.39, 0.29) is 18.4 Å². The lowest BCUT2D eigenvalue weighted by atomic mass is 10.1. The zero-order valence-corrected chi connectivity index (χ0v) is 23.0. The zero-order chi connectivity index (χ0) is 24.1. The molecule has 9 nitrogen and oxygen atoms in total. The number of nitriles is 1. The Bertz CT molecular complexity index is 1130. The van der Waals surface area contributed by atoms with E-state index < -0.39 is 8.07 Å². The summed E-state index contributed by atoms with van der Waals surface area (Å²) in [6.07, 6.45) is 7.88. The Kier molecular flexibility index (Phi) is 9.44. The topological polar surface area (TPSA) is 96.8 Å². The molecule has 0 radical (unpaired) electrons. The van der Waals surface area contributed by atoms with E-state index >= 15 is 0 Å². The molecule has 3 aromatic heterocycles. The van der Waals surface area contributed by atoms with Crippen molar-refractivity contribution in [3.63, 3.8) is 0 Å². The van der Waals surface area contributed by atoms with Crippen molar-refractivity contribution in [2.75, 3.05) is 32.8 Å². The van der Waals surface area contributed by atoms with Gasteiger partial charge in [-0.05, 0) is 19.0 Å². The third-order valence-corrected chi connectivity index (χ3v) is 8.15. The predicted octanol–water partition coefficient (Wildman–Crippen LogP) is 3.78. The van der Waals surface area contributed by atoms with Crippen LogP contribution in [0.1, 0.15) is 19.4 Å². The molecule has 0 saturated carbocycles. The maximum atomic E-state index is 9.44. The second-order valence-electron chi connectivity index (χ2n) is 10.4. The molecule has 1 fully saturated rings. The van der Waals surface area contributed by atoms with Crippen molar-refractivity contribution < 1.29 is 4.74 Å². The summed E-state index contributed by atoms with van der Waals surface area (Å²) in [5, 5.41) is 18.5. The van der Waals surface area contributed by atoms with Gasteiger partial charge in [0.25, 0.3) is 0 Å². The average molecular weight is 517 g/mol. The van der Waals surface area contributed by atoms with Gasteiger partial charge < -0.3 is 14.6 Å². The molecule has 0 aromatic carbocycles. The second-order valence-corrected chi connectivity index (χ2v) is 16.0. The van der Waals surface area contributed by atoms with E-state index in [0.29, 0.717) is 19.2 Å². The number of halogens is 1. The summed E-state index contributed by atoms with van der Waals surface area (Å²) in [5.41, 5.74) is 2.64. The number of hydrogen-bond acceptors (Lipinski definition) is 7. The van der Waals surface area contributed by atoms with Gasteiger partial charge in [0.05, 0.1) is 30.4 Å².